The molecule has 12 heteroatoms. The zero-order valence-electron chi connectivity index (χ0n) is 24.2. The molecule has 1 amide bonds. The number of carboxylic acid groups (broad SMARTS) is 1. The van der Waals surface area contributed by atoms with E-state index in [9.17, 15) is 19.5 Å². The highest BCUT2D eigenvalue weighted by Crippen LogP contribution is 2.42. The molecule has 0 bridgehead atoms. The van der Waals surface area contributed by atoms with Gasteiger partial charge in [-0.2, -0.15) is 9.97 Å². The molecule has 2 heterocycles. The van der Waals surface area contributed by atoms with Gasteiger partial charge in [0.2, 0.25) is 23.8 Å². The first kappa shape index (κ1) is 30.0. The summed E-state index contributed by atoms with van der Waals surface area (Å²) in [6, 6.07) is 23.8. The number of rotatable bonds is 10. The molecule has 0 aliphatic carbocycles. The van der Waals surface area contributed by atoms with Crippen LogP contribution in [0.5, 0.6) is 17.8 Å². The van der Waals surface area contributed by atoms with Crippen LogP contribution in [0.4, 0.5) is 5.69 Å². The number of carboxylic acids is 1. The Bertz CT molecular complexity index is 1640. The smallest absolute Gasteiger partial charge is 0.347 e. The summed E-state index contributed by atoms with van der Waals surface area (Å²) < 4.78 is 21.3. The Hall–Kier alpha value is -5.49. The van der Waals surface area contributed by atoms with E-state index >= 15 is 0 Å². The Labute approximate surface area is 253 Å². The molecule has 4 aromatic rings. The number of amides is 1. The third kappa shape index (κ3) is 5.75. The van der Waals surface area contributed by atoms with Crippen LogP contribution >= 0.6 is 0 Å². The lowest BCUT2D eigenvalue weighted by Crippen LogP contribution is -2.58. The first-order valence-corrected chi connectivity index (χ1v) is 13.5. The number of anilines is 1. The molecule has 5 rings (SSSR count). The number of para-hydroxylation sites is 1. The van der Waals surface area contributed by atoms with E-state index in [0.29, 0.717) is 22.4 Å². The molecule has 0 fully saturated rings. The van der Waals surface area contributed by atoms with Crippen molar-refractivity contribution in [2.75, 3.05) is 32.8 Å². The molecule has 0 saturated heterocycles. The number of benzene rings is 3. The molecular formula is C32H30N4O8. The number of hydrogen-bond donors (Lipinski definition) is 2. The van der Waals surface area contributed by atoms with Crippen molar-refractivity contribution in [1.82, 2.24) is 15.3 Å². The van der Waals surface area contributed by atoms with Gasteiger partial charge in [0.1, 0.15) is 5.54 Å². The molecular weight excluding hydrogens is 568 g/mol. The lowest BCUT2D eigenvalue weighted by atomic mass is 9.77. The van der Waals surface area contributed by atoms with E-state index < -0.39 is 23.6 Å². The van der Waals surface area contributed by atoms with E-state index in [1.165, 1.54) is 27.4 Å². The van der Waals surface area contributed by atoms with Crippen molar-refractivity contribution >= 4 is 23.5 Å². The highest BCUT2D eigenvalue weighted by atomic mass is 16.5. The number of carbonyl (C=O) groups excluding carboxylic acids is 2. The second kappa shape index (κ2) is 12.8. The van der Waals surface area contributed by atoms with E-state index in [4.69, 9.17) is 18.9 Å². The summed E-state index contributed by atoms with van der Waals surface area (Å²) in [6.07, 6.45) is -1.67. The number of methoxy groups -OCH3 is 3. The number of hydrogen-bond acceptors (Lipinski definition) is 10. The second-order valence-corrected chi connectivity index (χ2v) is 9.78. The SMILES string of the molecule is COC(=O)c1ccc(CN2C(=O)CN[C@](c3ccccc3)([C@H](Oc3nc(OC)cc(OC)n3)C(=O)O)c3ccccc32)cc1. The van der Waals surface area contributed by atoms with Crippen LogP contribution in [-0.4, -0.2) is 66.9 Å². The number of aromatic nitrogens is 2. The van der Waals surface area contributed by atoms with Crippen molar-refractivity contribution in [3.63, 3.8) is 0 Å². The molecule has 0 radical (unpaired) electrons. The number of fused-ring (bicyclic) bond motifs is 1. The molecule has 0 spiro atoms. The van der Waals surface area contributed by atoms with Crippen LogP contribution in [0.3, 0.4) is 0 Å². The second-order valence-electron chi connectivity index (χ2n) is 9.78. The van der Waals surface area contributed by atoms with E-state index in [2.05, 4.69) is 15.3 Å². The summed E-state index contributed by atoms with van der Waals surface area (Å²) in [7, 11) is 4.11. The molecule has 3 aromatic carbocycles. The highest BCUT2D eigenvalue weighted by Gasteiger charge is 2.52. The Balaban J connectivity index is 1.66. The average Bonchev–Trinajstić information content (AvgIpc) is 3.18. The first-order chi connectivity index (χ1) is 21.3. The van der Waals surface area contributed by atoms with E-state index in [-0.39, 0.29) is 36.8 Å². The van der Waals surface area contributed by atoms with Gasteiger partial charge in [-0.1, -0.05) is 60.7 Å². The van der Waals surface area contributed by atoms with Crippen LogP contribution in [0.1, 0.15) is 27.0 Å². The summed E-state index contributed by atoms with van der Waals surface area (Å²) in [5.41, 5.74) is 1.01. The summed E-state index contributed by atoms with van der Waals surface area (Å²) in [6.45, 7) is -0.0854. The number of aliphatic carboxylic acids is 1. The lowest BCUT2D eigenvalue weighted by Gasteiger charge is -2.39. The molecule has 1 aliphatic heterocycles. The molecule has 44 heavy (non-hydrogen) atoms. The number of nitrogens with one attached hydrogen (secondary N) is 1. The quantitative estimate of drug-likeness (QED) is 0.259. The van der Waals surface area contributed by atoms with Crippen LogP contribution in [0, 0.1) is 0 Å². The number of carbonyl (C=O) groups is 3. The lowest BCUT2D eigenvalue weighted by molar-refractivity contribution is -0.149. The molecule has 1 aliphatic rings. The van der Waals surface area contributed by atoms with Gasteiger partial charge in [-0.3, -0.25) is 10.1 Å². The van der Waals surface area contributed by atoms with Crippen molar-refractivity contribution in [3.8, 4) is 17.8 Å². The van der Waals surface area contributed by atoms with Crippen molar-refractivity contribution < 1.29 is 38.4 Å². The fourth-order valence-electron chi connectivity index (χ4n) is 5.22. The number of ether oxygens (including phenoxy) is 4. The molecule has 2 atom stereocenters. The minimum atomic E-state index is -1.67. The molecule has 1 aromatic heterocycles. The first-order valence-electron chi connectivity index (χ1n) is 13.5. The predicted molar refractivity (Wildman–Crippen MR) is 158 cm³/mol. The fourth-order valence-corrected chi connectivity index (χ4v) is 5.22. The summed E-state index contributed by atoms with van der Waals surface area (Å²) in [4.78, 5) is 48.8. The minimum Gasteiger partial charge on any atom is -0.481 e. The zero-order chi connectivity index (χ0) is 31.3. The summed E-state index contributed by atoms with van der Waals surface area (Å²) in [5, 5.41) is 14.0. The van der Waals surface area contributed by atoms with Crippen molar-refractivity contribution in [2.45, 2.75) is 18.2 Å². The van der Waals surface area contributed by atoms with Crippen molar-refractivity contribution in [1.29, 1.82) is 0 Å². The monoisotopic (exact) mass is 598 g/mol. The van der Waals surface area contributed by atoms with E-state index in [1.54, 1.807) is 77.7 Å². The molecule has 12 nitrogen and oxygen atoms in total. The van der Waals surface area contributed by atoms with Gasteiger partial charge in [0.25, 0.3) is 0 Å². The van der Waals surface area contributed by atoms with Crippen molar-refractivity contribution in [2.24, 2.45) is 0 Å². The van der Waals surface area contributed by atoms with Crippen LogP contribution in [0.15, 0.2) is 84.9 Å². The van der Waals surface area contributed by atoms with Crippen LogP contribution in [0.2, 0.25) is 0 Å². The van der Waals surface area contributed by atoms with Crippen LogP contribution < -0.4 is 24.4 Å². The Kier molecular flexibility index (Phi) is 8.72. The van der Waals surface area contributed by atoms with Crippen molar-refractivity contribution in [3.05, 3.63) is 107 Å². The highest BCUT2D eigenvalue weighted by molar-refractivity contribution is 5.97. The predicted octanol–water partition coefficient (Wildman–Crippen LogP) is 3.19. The topological polar surface area (TPSA) is 149 Å². The van der Waals surface area contributed by atoms with Gasteiger partial charge in [0.05, 0.1) is 46.0 Å². The molecule has 0 unspecified atom stereocenters. The minimum absolute atomic E-state index is 0.110. The maximum atomic E-state index is 13.8. The third-order valence-electron chi connectivity index (χ3n) is 7.30. The van der Waals surface area contributed by atoms with Crippen LogP contribution in [-0.2, 0) is 26.4 Å². The molecule has 0 saturated carbocycles. The maximum Gasteiger partial charge on any atom is 0.347 e. The van der Waals surface area contributed by atoms with Gasteiger partial charge in [-0.15, -0.1) is 0 Å². The van der Waals surface area contributed by atoms with Gasteiger partial charge in [-0.25, -0.2) is 9.59 Å². The number of nitrogens with zero attached hydrogens (tertiary/aromatic N) is 3. The van der Waals surface area contributed by atoms with E-state index in [0.717, 1.165) is 5.56 Å². The summed E-state index contributed by atoms with van der Waals surface area (Å²) >= 11 is 0. The zero-order valence-corrected chi connectivity index (χ0v) is 24.2. The Morgan fingerprint density at radius 1 is 0.932 bits per heavy atom. The third-order valence-corrected chi connectivity index (χ3v) is 7.30. The van der Waals surface area contributed by atoms with Gasteiger partial charge in [0.15, 0.2) is 0 Å². The fraction of sp³-hybridized carbons (Fsp3) is 0.219. The number of esters is 1. The summed E-state index contributed by atoms with van der Waals surface area (Å²) in [5.74, 6) is -1.89. The Morgan fingerprint density at radius 2 is 1.57 bits per heavy atom. The largest absolute Gasteiger partial charge is 0.481 e. The van der Waals surface area contributed by atoms with Gasteiger partial charge in [-0.05, 0) is 29.3 Å². The van der Waals surface area contributed by atoms with Gasteiger partial charge < -0.3 is 29.0 Å². The standard InChI is InChI=1S/C32H30N4O8/c1-41-25-17-26(42-2)35-31(34-25)44-28(29(38)39)32(22-9-5-4-6-10-22)23-11-7-8-12-24(23)36(27(37)18-33-32)19-20-13-15-21(16-14-20)30(40)43-3/h4-17,28,33H,18-19H2,1-3H3,(H,38,39)/t28-,32+/m1/s1. The molecule has 226 valence electrons. The maximum absolute atomic E-state index is 13.8. The molecule has 2 N–H and O–H groups in total. The van der Waals surface area contributed by atoms with Gasteiger partial charge in [0, 0.05) is 11.3 Å². The Morgan fingerprint density at radius 3 is 2.18 bits per heavy atom. The average molecular weight is 599 g/mol. The normalized spacial score (nSPS) is 16.7. The van der Waals surface area contributed by atoms with Gasteiger partial charge >= 0.3 is 17.9 Å². The van der Waals surface area contributed by atoms with Crippen LogP contribution in [0.25, 0.3) is 0 Å². The van der Waals surface area contributed by atoms with E-state index in [1.807, 2.05) is 6.07 Å².